The predicted octanol–water partition coefficient (Wildman–Crippen LogP) is 2.53. The van der Waals surface area contributed by atoms with Crippen LogP contribution in [0.5, 0.6) is 0 Å². The second-order valence-electron chi connectivity index (χ2n) is 7.04. The number of aromatic nitrogens is 3. The lowest BCUT2D eigenvalue weighted by molar-refractivity contribution is -0.116. The summed E-state index contributed by atoms with van der Waals surface area (Å²) < 4.78 is 6.62. The van der Waals surface area contributed by atoms with E-state index in [1.54, 1.807) is 5.38 Å². The number of benzene rings is 1. The molecule has 0 aliphatic carbocycles. The van der Waals surface area contributed by atoms with Crippen LogP contribution in [0.15, 0.2) is 33.2 Å². The van der Waals surface area contributed by atoms with Gasteiger partial charge in [-0.1, -0.05) is 32.0 Å². The molecule has 1 aromatic carbocycles. The monoisotopic (exact) mass is 386 g/mol. The fraction of sp³-hybridized carbons (Fsp3) is 0.368. The van der Waals surface area contributed by atoms with Gasteiger partial charge in [-0.05, 0) is 42.4 Å². The standard InChI is InChI=1S/C19H22N4O3S/c1-11(2)8-23-18(25)17-14(10-27-21-17)22(19(23)26)9-15(24)20-16-12(3)6-5-7-13(16)4/h5-7,10-11H,8-9H2,1-4H3,(H,20,24). The minimum Gasteiger partial charge on any atom is -0.324 e. The minimum atomic E-state index is -0.488. The van der Waals surface area contributed by atoms with Crippen molar-refractivity contribution in [3.05, 3.63) is 55.5 Å². The van der Waals surface area contributed by atoms with Crippen LogP contribution in [-0.4, -0.2) is 19.4 Å². The second kappa shape index (κ2) is 7.48. The summed E-state index contributed by atoms with van der Waals surface area (Å²) in [5.74, 6) is -0.208. The lowest BCUT2D eigenvalue weighted by Crippen LogP contribution is -2.42. The van der Waals surface area contributed by atoms with Gasteiger partial charge in [0.05, 0.1) is 5.52 Å². The van der Waals surface area contributed by atoms with Gasteiger partial charge in [-0.2, -0.15) is 4.37 Å². The lowest BCUT2D eigenvalue weighted by atomic mass is 10.1. The van der Waals surface area contributed by atoms with Gasteiger partial charge in [0.15, 0.2) is 5.52 Å². The van der Waals surface area contributed by atoms with Crippen molar-refractivity contribution in [3.8, 4) is 0 Å². The van der Waals surface area contributed by atoms with E-state index in [9.17, 15) is 14.4 Å². The third-order valence-corrected chi connectivity index (χ3v) is 4.96. The smallest absolute Gasteiger partial charge is 0.324 e. The molecule has 2 heterocycles. The maximum atomic E-state index is 12.9. The van der Waals surface area contributed by atoms with Gasteiger partial charge in [0, 0.05) is 17.6 Å². The van der Waals surface area contributed by atoms with E-state index in [2.05, 4.69) is 9.69 Å². The summed E-state index contributed by atoms with van der Waals surface area (Å²) in [5.41, 5.74) is 2.36. The SMILES string of the molecule is Cc1cccc(C)c1NC(=O)Cn1c(=O)n(CC(C)C)c(=O)c2nscc21. The molecule has 0 atom stereocenters. The maximum absolute atomic E-state index is 12.9. The molecule has 2 aromatic heterocycles. The summed E-state index contributed by atoms with van der Waals surface area (Å²) in [6.07, 6.45) is 0. The van der Waals surface area contributed by atoms with E-state index in [4.69, 9.17) is 0 Å². The first-order valence-corrected chi connectivity index (χ1v) is 9.57. The summed E-state index contributed by atoms with van der Waals surface area (Å²) in [7, 11) is 0. The van der Waals surface area contributed by atoms with Gasteiger partial charge in [0.25, 0.3) is 5.56 Å². The molecule has 1 N–H and O–H groups in total. The lowest BCUT2D eigenvalue weighted by Gasteiger charge is -2.14. The van der Waals surface area contributed by atoms with E-state index >= 15 is 0 Å². The van der Waals surface area contributed by atoms with Crippen LogP contribution in [0.1, 0.15) is 25.0 Å². The Morgan fingerprint density at radius 1 is 1.19 bits per heavy atom. The normalized spacial score (nSPS) is 11.3. The molecule has 1 amide bonds. The predicted molar refractivity (Wildman–Crippen MR) is 108 cm³/mol. The summed E-state index contributed by atoms with van der Waals surface area (Å²) in [6, 6.07) is 5.75. The van der Waals surface area contributed by atoms with Gasteiger partial charge < -0.3 is 5.32 Å². The number of carbonyl (C=O) groups is 1. The highest BCUT2D eigenvalue weighted by Crippen LogP contribution is 2.19. The van der Waals surface area contributed by atoms with Crippen molar-refractivity contribution >= 4 is 34.2 Å². The first kappa shape index (κ1) is 19.0. The van der Waals surface area contributed by atoms with Crippen molar-refractivity contribution in [2.45, 2.75) is 40.8 Å². The molecule has 0 fully saturated rings. The zero-order valence-corrected chi connectivity index (χ0v) is 16.6. The van der Waals surface area contributed by atoms with Crippen LogP contribution < -0.4 is 16.6 Å². The largest absolute Gasteiger partial charge is 0.332 e. The van der Waals surface area contributed by atoms with E-state index in [0.717, 1.165) is 28.3 Å². The summed E-state index contributed by atoms with van der Waals surface area (Å²) in [6.45, 7) is 7.78. The highest BCUT2D eigenvalue weighted by atomic mass is 32.1. The molecule has 142 valence electrons. The Morgan fingerprint density at radius 2 is 1.85 bits per heavy atom. The van der Waals surface area contributed by atoms with Crippen LogP contribution in [0.4, 0.5) is 5.69 Å². The first-order valence-electron chi connectivity index (χ1n) is 8.73. The molecule has 0 saturated carbocycles. The fourth-order valence-electron chi connectivity index (χ4n) is 3.05. The number of nitrogens with zero attached hydrogens (tertiary/aromatic N) is 3. The Hall–Kier alpha value is -2.74. The van der Waals surface area contributed by atoms with Crippen LogP contribution in [0.25, 0.3) is 11.0 Å². The molecule has 0 radical (unpaired) electrons. The highest BCUT2D eigenvalue weighted by Gasteiger charge is 2.18. The van der Waals surface area contributed by atoms with Crippen molar-refractivity contribution in [2.75, 3.05) is 5.32 Å². The molecule has 0 saturated heterocycles. The van der Waals surface area contributed by atoms with E-state index in [1.165, 1.54) is 9.13 Å². The van der Waals surface area contributed by atoms with E-state index in [1.807, 2.05) is 45.9 Å². The number of para-hydroxylation sites is 1. The van der Waals surface area contributed by atoms with Crippen molar-refractivity contribution in [2.24, 2.45) is 5.92 Å². The average Bonchev–Trinajstić information content (AvgIpc) is 3.08. The van der Waals surface area contributed by atoms with Crippen molar-refractivity contribution in [3.63, 3.8) is 0 Å². The Kier molecular flexibility index (Phi) is 5.27. The quantitative estimate of drug-likeness (QED) is 0.730. The zero-order valence-electron chi connectivity index (χ0n) is 15.8. The Morgan fingerprint density at radius 3 is 2.48 bits per heavy atom. The van der Waals surface area contributed by atoms with Crippen molar-refractivity contribution in [1.29, 1.82) is 0 Å². The van der Waals surface area contributed by atoms with Crippen LogP contribution in [-0.2, 0) is 17.9 Å². The number of rotatable bonds is 5. The molecular weight excluding hydrogens is 364 g/mol. The minimum absolute atomic E-state index is 0.114. The molecule has 7 nitrogen and oxygen atoms in total. The number of carbonyl (C=O) groups excluding carboxylic acids is 1. The van der Waals surface area contributed by atoms with E-state index < -0.39 is 11.2 Å². The number of amides is 1. The molecule has 3 rings (SSSR count). The average molecular weight is 386 g/mol. The molecule has 0 aliphatic rings. The fourth-order valence-corrected chi connectivity index (χ4v) is 3.72. The number of aryl methyl sites for hydroxylation is 2. The molecule has 0 aliphatic heterocycles. The summed E-state index contributed by atoms with van der Waals surface area (Å²) in [5, 5.41) is 4.51. The van der Waals surface area contributed by atoms with Gasteiger partial charge in [0.2, 0.25) is 5.91 Å². The van der Waals surface area contributed by atoms with Crippen molar-refractivity contribution in [1.82, 2.24) is 13.5 Å². The molecular formula is C19H22N4O3S. The van der Waals surface area contributed by atoms with Crippen LogP contribution >= 0.6 is 11.5 Å². The van der Waals surface area contributed by atoms with Gasteiger partial charge in [0.1, 0.15) is 6.54 Å². The molecule has 8 heteroatoms. The summed E-state index contributed by atoms with van der Waals surface area (Å²) >= 11 is 1.10. The Bertz CT molecular complexity index is 1100. The molecule has 0 bridgehead atoms. The number of fused-ring (bicyclic) bond motifs is 1. The van der Waals surface area contributed by atoms with Gasteiger partial charge in [-0.15, -0.1) is 0 Å². The van der Waals surface area contributed by atoms with Gasteiger partial charge in [-0.25, -0.2) is 4.79 Å². The second-order valence-corrected chi connectivity index (χ2v) is 7.67. The van der Waals surface area contributed by atoms with Gasteiger partial charge >= 0.3 is 5.69 Å². The maximum Gasteiger partial charge on any atom is 0.332 e. The highest BCUT2D eigenvalue weighted by molar-refractivity contribution is 7.04. The Labute approximate surface area is 160 Å². The van der Waals surface area contributed by atoms with Crippen molar-refractivity contribution < 1.29 is 4.79 Å². The van der Waals surface area contributed by atoms with Crippen LogP contribution in [0.3, 0.4) is 0 Å². The number of hydrogen-bond acceptors (Lipinski definition) is 5. The number of hydrogen-bond donors (Lipinski definition) is 1. The molecule has 0 spiro atoms. The number of nitrogens with one attached hydrogen (secondary N) is 1. The first-order chi connectivity index (χ1) is 12.8. The van der Waals surface area contributed by atoms with E-state index in [-0.39, 0.29) is 30.4 Å². The molecule has 0 unspecified atom stereocenters. The zero-order chi connectivity index (χ0) is 19.7. The van der Waals surface area contributed by atoms with Gasteiger partial charge in [-0.3, -0.25) is 18.7 Å². The summed E-state index contributed by atoms with van der Waals surface area (Å²) in [4.78, 5) is 38.1. The van der Waals surface area contributed by atoms with Crippen LogP contribution in [0.2, 0.25) is 0 Å². The molecule has 27 heavy (non-hydrogen) atoms. The van der Waals surface area contributed by atoms with Crippen LogP contribution in [0, 0.1) is 19.8 Å². The molecule has 3 aromatic rings. The topological polar surface area (TPSA) is 86.0 Å². The third-order valence-electron chi connectivity index (χ3n) is 4.35. The number of anilines is 1. The Balaban J connectivity index is 2.02. The third kappa shape index (κ3) is 3.71. The van der Waals surface area contributed by atoms with E-state index in [0.29, 0.717) is 5.52 Å².